The van der Waals surface area contributed by atoms with Gasteiger partial charge in [0.25, 0.3) is 0 Å². The zero-order chi connectivity index (χ0) is 14.5. The molecule has 20 heavy (non-hydrogen) atoms. The molecule has 0 spiro atoms. The number of thiazole rings is 1. The third kappa shape index (κ3) is 3.41. The van der Waals surface area contributed by atoms with E-state index in [1.54, 1.807) is 17.1 Å². The fraction of sp³-hybridized carbons (Fsp3) is 0.538. The van der Waals surface area contributed by atoms with E-state index in [1.165, 1.54) is 11.3 Å². The van der Waals surface area contributed by atoms with Crippen molar-refractivity contribution in [2.75, 3.05) is 6.61 Å². The Labute approximate surface area is 121 Å². The van der Waals surface area contributed by atoms with E-state index in [9.17, 15) is 4.79 Å². The van der Waals surface area contributed by atoms with Crippen molar-refractivity contribution in [2.24, 2.45) is 5.92 Å². The van der Waals surface area contributed by atoms with E-state index in [0.717, 1.165) is 17.8 Å². The average Bonchev–Trinajstić information content (AvgIpc) is 3.01. The van der Waals surface area contributed by atoms with E-state index in [4.69, 9.17) is 4.74 Å². The number of rotatable bonds is 6. The molecule has 0 fully saturated rings. The maximum absolute atomic E-state index is 11.9. The molecule has 7 heteroatoms. The van der Waals surface area contributed by atoms with Crippen molar-refractivity contribution in [3.8, 4) is 0 Å². The normalized spacial score (nSPS) is 11.0. The lowest BCUT2D eigenvalue weighted by Gasteiger charge is -2.09. The highest BCUT2D eigenvalue weighted by molar-refractivity contribution is 7.07. The van der Waals surface area contributed by atoms with Crippen molar-refractivity contribution >= 4 is 17.3 Å². The largest absolute Gasteiger partial charge is 0.461 e. The van der Waals surface area contributed by atoms with Crippen LogP contribution in [-0.2, 0) is 17.7 Å². The molecule has 0 N–H and O–H groups in total. The smallest absolute Gasteiger partial charge is 0.360 e. The van der Waals surface area contributed by atoms with Gasteiger partial charge in [-0.2, -0.15) is 0 Å². The Morgan fingerprint density at radius 2 is 2.30 bits per heavy atom. The molecule has 0 unspecified atom stereocenters. The van der Waals surface area contributed by atoms with Crippen LogP contribution in [0.1, 0.15) is 42.6 Å². The first-order valence-electron chi connectivity index (χ1n) is 6.58. The summed E-state index contributed by atoms with van der Waals surface area (Å²) in [5.74, 6) is -0.0106. The van der Waals surface area contributed by atoms with E-state index in [1.807, 2.05) is 5.38 Å². The quantitative estimate of drug-likeness (QED) is 0.764. The summed E-state index contributed by atoms with van der Waals surface area (Å²) in [5.41, 5.74) is 3.82. The summed E-state index contributed by atoms with van der Waals surface area (Å²) in [6.07, 6.45) is 0.727. The Kier molecular flexibility index (Phi) is 4.84. The second kappa shape index (κ2) is 6.60. The number of hydrogen-bond donors (Lipinski definition) is 0. The Balaban J connectivity index is 2.29. The molecule has 0 radical (unpaired) electrons. The van der Waals surface area contributed by atoms with Gasteiger partial charge in [0, 0.05) is 5.38 Å². The lowest BCUT2D eigenvalue weighted by Crippen LogP contribution is -2.13. The first-order valence-corrected chi connectivity index (χ1v) is 7.52. The molecule has 0 saturated heterocycles. The average molecular weight is 294 g/mol. The van der Waals surface area contributed by atoms with Gasteiger partial charge in [-0.05, 0) is 19.3 Å². The van der Waals surface area contributed by atoms with Crippen LogP contribution in [0.4, 0.5) is 0 Å². The van der Waals surface area contributed by atoms with Crippen molar-refractivity contribution in [3.63, 3.8) is 0 Å². The van der Waals surface area contributed by atoms with Crippen molar-refractivity contribution in [1.29, 1.82) is 0 Å². The van der Waals surface area contributed by atoms with Gasteiger partial charge in [-0.15, -0.1) is 16.4 Å². The summed E-state index contributed by atoms with van der Waals surface area (Å²) in [5, 5.41) is 10.0. The van der Waals surface area contributed by atoms with Crippen LogP contribution in [0.2, 0.25) is 0 Å². The number of hydrogen-bond acceptors (Lipinski definition) is 6. The zero-order valence-electron chi connectivity index (χ0n) is 11.9. The fourth-order valence-corrected chi connectivity index (χ4v) is 2.43. The summed E-state index contributed by atoms with van der Waals surface area (Å²) in [6.45, 7) is 6.82. The maximum atomic E-state index is 11.9. The van der Waals surface area contributed by atoms with Gasteiger partial charge in [-0.1, -0.05) is 19.1 Å². The van der Waals surface area contributed by atoms with Gasteiger partial charge in [0.15, 0.2) is 5.69 Å². The number of nitrogens with zero attached hydrogens (tertiary/aromatic N) is 4. The minimum absolute atomic E-state index is 0.316. The standard InChI is InChI=1S/C13H18N4O2S/c1-4-19-13(18)12-11(5-9(2)3)17(16-15-12)6-10-7-20-8-14-10/h7-9H,4-6H2,1-3H3. The van der Waals surface area contributed by atoms with Crippen molar-refractivity contribution in [2.45, 2.75) is 33.7 Å². The number of carbonyl (C=O) groups is 1. The Hall–Kier alpha value is -1.76. The van der Waals surface area contributed by atoms with Gasteiger partial charge in [-0.25, -0.2) is 14.5 Å². The van der Waals surface area contributed by atoms with Crippen LogP contribution in [0.3, 0.4) is 0 Å². The molecule has 2 aromatic heterocycles. The molecular weight excluding hydrogens is 276 g/mol. The Morgan fingerprint density at radius 1 is 1.50 bits per heavy atom. The predicted octanol–water partition coefficient (Wildman–Crippen LogP) is 2.16. The molecule has 0 atom stereocenters. The molecule has 2 aromatic rings. The third-order valence-corrected chi connectivity index (χ3v) is 3.34. The molecule has 0 aliphatic carbocycles. The molecule has 6 nitrogen and oxygen atoms in total. The van der Waals surface area contributed by atoms with Crippen LogP contribution in [-0.4, -0.2) is 32.6 Å². The first kappa shape index (κ1) is 14.6. The van der Waals surface area contributed by atoms with Gasteiger partial charge >= 0.3 is 5.97 Å². The van der Waals surface area contributed by atoms with Crippen LogP contribution in [0.15, 0.2) is 10.9 Å². The number of aromatic nitrogens is 4. The van der Waals surface area contributed by atoms with Crippen LogP contribution in [0.5, 0.6) is 0 Å². The fourth-order valence-electron chi connectivity index (χ4n) is 1.88. The zero-order valence-corrected chi connectivity index (χ0v) is 12.7. The molecular formula is C13H18N4O2S. The van der Waals surface area contributed by atoms with Crippen molar-refractivity contribution in [3.05, 3.63) is 28.0 Å². The maximum Gasteiger partial charge on any atom is 0.360 e. The molecule has 0 bridgehead atoms. The number of carbonyl (C=O) groups excluding carboxylic acids is 1. The predicted molar refractivity (Wildman–Crippen MR) is 75.7 cm³/mol. The second-order valence-electron chi connectivity index (χ2n) is 4.84. The van der Waals surface area contributed by atoms with Crippen LogP contribution in [0, 0.1) is 5.92 Å². The lowest BCUT2D eigenvalue weighted by atomic mass is 10.1. The molecule has 2 heterocycles. The first-order chi connectivity index (χ1) is 9.61. The third-order valence-electron chi connectivity index (χ3n) is 2.70. The second-order valence-corrected chi connectivity index (χ2v) is 5.56. The molecule has 108 valence electrons. The highest BCUT2D eigenvalue weighted by Crippen LogP contribution is 2.15. The minimum Gasteiger partial charge on any atom is -0.461 e. The number of ether oxygens (including phenoxy) is 1. The summed E-state index contributed by atoms with van der Waals surface area (Å²) in [6, 6.07) is 0. The monoisotopic (exact) mass is 294 g/mol. The minimum atomic E-state index is -0.410. The Bertz CT molecular complexity index is 563. The summed E-state index contributed by atoms with van der Waals surface area (Å²) in [4.78, 5) is 16.1. The van der Waals surface area contributed by atoms with Gasteiger partial charge in [0.05, 0.1) is 30.1 Å². The van der Waals surface area contributed by atoms with E-state index in [2.05, 4.69) is 29.1 Å². The van der Waals surface area contributed by atoms with Crippen LogP contribution in [0.25, 0.3) is 0 Å². The molecule has 0 saturated carbocycles. The van der Waals surface area contributed by atoms with Gasteiger partial charge in [-0.3, -0.25) is 0 Å². The Morgan fingerprint density at radius 3 is 2.90 bits per heavy atom. The highest BCUT2D eigenvalue weighted by atomic mass is 32.1. The summed E-state index contributed by atoms with van der Waals surface area (Å²) in [7, 11) is 0. The topological polar surface area (TPSA) is 69.9 Å². The molecule has 0 amide bonds. The molecule has 0 aliphatic rings. The highest BCUT2D eigenvalue weighted by Gasteiger charge is 2.21. The summed E-state index contributed by atoms with van der Waals surface area (Å²) >= 11 is 1.54. The van der Waals surface area contributed by atoms with Gasteiger partial charge in [0.1, 0.15) is 0 Å². The SMILES string of the molecule is CCOC(=O)c1nnn(Cc2cscn2)c1CC(C)C. The van der Waals surface area contributed by atoms with Crippen molar-refractivity contribution < 1.29 is 9.53 Å². The van der Waals surface area contributed by atoms with Gasteiger partial charge in [0.2, 0.25) is 0 Å². The molecule has 2 rings (SSSR count). The summed E-state index contributed by atoms with van der Waals surface area (Å²) < 4.78 is 6.77. The van der Waals surface area contributed by atoms with Crippen LogP contribution >= 0.6 is 11.3 Å². The molecule has 0 aliphatic heterocycles. The number of esters is 1. The lowest BCUT2D eigenvalue weighted by molar-refractivity contribution is 0.0517. The van der Waals surface area contributed by atoms with Gasteiger partial charge < -0.3 is 4.74 Å². The van der Waals surface area contributed by atoms with E-state index in [0.29, 0.717) is 24.8 Å². The van der Waals surface area contributed by atoms with E-state index < -0.39 is 5.97 Å². The van der Waals surface area contributed by atoms with Crippen molar-refractivity contribution in [1.82, 2.24) is 20.0 Å². The van der Waals surface area contributed by atoms with E-state index >= 15 is 0 Å². The van der Waals surface area contributed by atoms with Crippen LogP contribution < -0.4 is 0 Å². The van der Waals surface area contributed by atoms with E-state index in [-0.39, 0.29) is 0 Å². The molecule has 0 aromatic carbocycles.